The van der Waals surface area contributed by atoms with Crippen LogP contribution in [0, 0.1) is 13.8 Å². The minimum absolute atomic E-state index is 0.132. The molecule has 0 heterocycles. The Balaban J connectivity index is 2.04. The number of benzene rings is 3. The van der Waals surface area contributed by atoms with Crippen LogP contribution in [0.15, 0.2) is 62.4 Å². The van der Waals surface area contributed by atoms with Crippen molar-refractivity contribution < 1.29 is 12.6 Å². The summed E-state index contributed by atoms with van der Waals surface area (Å²) >= 11 is 6.89. The molecule has 0 amide bonds. The predicted molar refractivity (Wildman–Crippen MR) is 103 cm³/mol. The number of halogens is 2. The van der Waals surface area contributed by atoms with E-state index in [1.54, 1.807) is 30.3 Å². The SMILES string of the molecule is Cc1ccc(S(=O)(=O)Oc2cc3cc(C)c(Br)cc3cc2Br)cc1. The van der Waals surface area contributed by atoms with Gasteiger partial charge in [0.1, 0.15) is 4.90 Å². The summed E-state index contributed by atoms with van der Waals surface area (Å²) < 4.78 is 31.9. The Hall–Kier alpha value is -1.37. The molecule has 0 N–H and O–H groups in total. The third-order valence-electron chi connectivity index (χ3n) is 3.68. The van der Waals surface area contributed by atoms with Crippen LogP contribution in [0.4, 0.5) is 0 Å². The lowest BCUT2D eigenvalue weighted by molar-refractivity contribution is 0.485. The molecule has 0 unspecified atom stereocenters. The van der Waals surface area contributed by atoms with Gasteiger partial charge in [-0.1, -0.05) is 39.7 Å². The zero-order valence-electron chi connectivity index (χ0n) is 13.0. The van der Waals surface area contributed by atoms with Crippen LogP contribution in [0.3, 0.4) is 0 Å². The summed E-state index contributed by atoms with van der Waals surface area (Å²) in [6.07, 6.45) is 0. The molecule has 0 bridgehead atoms. The largest absolute Gasteiger partial charge is 0.378 e. The van der Waals surface area contributed by atoms with Gasteiger partial charge in [0.05, 0.1) is 4.47 Å². The van der Waals surface area contributed by atoms with E-state index in [1.807, 2.05) is 32.0 Å². The molecule has 124 valence electrons. The molecular weight excluding hydrogens is 456 g/mol. The van der Waals surface area contributed by atoms with Crippen LogP contribution in [0.25, 0.3) is 10.8 Å². The van der Waals surface area contributed by atoms with Gasteiger partial charge in [0.25, 0.3) is 0 Å². The van der Waals surface area contributed by atoms with Crippen LogP contribution >= 0.6 is 31.9 Å². The van der Waals surface area contributed by atoms with Crippen molar-refractivity contribution in [2.45, 2.75) is 18.7 Å². The van der Waals surface area contributed by atoms with Crippen molar-refractivity contribution in [1.29, 1.82) is 0 Å². The summed E-state index contributed by atoms with van der Waals surface area (Å²) in [6, 6.07) is 14.1. The summed E-state index contributed by atoms with van der Waals surface area (Å²) in [5.74, 6) is 0.268. The fraction of sp³-hybridized carbons (Fsp3) is 0.111. The second-order valence-electron chi connectivity index (χ2n) is 5.58. The highest BCUT2D eigenvalue weighted by Crippen LogP contribution is 2.34. The van der Waals surface area contributed by atoms with Gasteiger partial charge in [-0.05, 0) is 76.4 Å². The maximum absolute atomic E-state index is 12.5. The first-order valence-corrected chi connectivity index (χ1v) is 10.2. The van der Waals surface area contributed by atoms with E-state index in [0.29, 0.717) is 4.47 Å². The molecule has 3 nitrogen and oxygen atoms in total. The Morgan fingerprint density at radius 3 is 2.08 bits per heavy atom. The van der Waals surface area contributed by atoms with Crippen LogP contribution in [-0.2, 0) is 10.1 Å². The molecule has 24 heavy (non-hydrogen) atoms. The van der Waals surface area contributed by atoms with Gasteiger partial charge >= 0.3 is 10.1 Å². The quantitative estimate of drug-likeness (QED) is 0.458. The van der Waals surface area contributed by atoms with Crippen LogP contribution < -0.4 is 4.18 Å². The average molecular weight is 470 g/mol. The maximum atomic E-state index is 12.5. The van der Waals surface area contributed by atoms with Gasteiger partial charge in [0.2, 0.25) is 0 Å². The highest BCUT2D eigenvalue weighted by molar-refractivity contribution is 9.10. The Labute approximate surface area is 158 Å². The van der Waals surface area contributed by atoms with Crippen molar-refractivity contribution in [3.63, 3.8) is 0 Å². The second kappa shape index (κ2) is 6.50. The third-order valence-corrected chi connectivity index (χ3v) is 6.40. The van der Waals surface area contributed by atoms with E-state index in [-0.39, 0.29) is 10.6 Å². The van der Waals surface area contributed by atoms with Crippen molar-refractivity contribution in [3.8, 4) is 5.75 Å². The molecule has 3 aromatic carbocycles. The zero-order chi connectivity index (χ0) is 17.5. The van der Waals surface area contributed by atoms with Crippen molar-refractivity contribution >= 4 is 52.8 Å². The summed E-state index contributed by atoms with van der Waals surface area (Å²) in [5.41, 5.74) is 2.05. The molecule has 0 saturated heterocycles. The third kappa shape index (κ3) is 3.50. The first-order valence-electron chi connectivity index (χ1n) is 7.17. The molecule has 6 heteroatoms. The topological polar surface area (TPSA) is 43.4 Å². The first-order chi connectivity index (χ1) is 11.3. The Bertz CT molecular complexity index is 1030. The van der Waals surface area contributed by atoms with Gasteiger partial charge < -0.3 is 4.18 Å². The monoisotopic (exact) mass is 468 g/mol. The van der Waals surface area contributed by atoms with Gasteiger partial charge in [0.15, 0.2) is 5.75 Å². The fourth-order valence-electron chi connectivity index (χ4n) is 2.32. The van der Waals surface area contributed by atoms with Crippen LogP contribution in [0.5, 0.6) is 5.75 Å². The fourth-order valence-corrected chi connectivity index (χ4v) is 4.17. The molecule has 0 atom stereocenters. The molecule has 0 radical (unpaired) electrons. The van der Waals surface area contributed by atoms with Crippen molar-refractivity contribution in [2.24, 2.45) is 0 Å². The minimum atomic E-state index is -3.88. The lowest BCUT2D eigenvalue weighted by atomic mass is 10.1. The minimum Gasteiger partial charge on any atom is -0.378 e. The van der Waals surface area contributed by atoms with Gasteiger partial charge in [-0.25, -0.2) is 0 Å². The van der Waals surface area contributed by atoms with E-state index in [4.69, 9.17) is 4.18 Å². The Morgan fingerprint density at radius 1 is 0.833 bits per heavy atom. The lowest BCUT2D eigenvalue weighted by Gasteiger charge is -2.11. The average Bonchev–Trinajstić information content (AvgIpc) is 2.50. The summed E-state index contributed by atoms with van der Waals surface area (Å²) in [5, 5.41) is 1.90. The second-order valence-corrected chi connectivity index (χ2v) is 8.84. The molecule has 0 spiro atoms. The molecule has 0 aliphatic rings. The van der Waals surface area contributed by atoms with E-state index in [0.717, 1.165) is 26.4 Å². The van der Waals surface area contributed by atoms with E-state index in [9.17, 15) is 8.42 Å². The number of fused-ring (bicyclic) bond motifs is 1. The number of rotatable bonds is 3. The molecule has 0 aliphatic carbocycles. The number of hydrogen-bond acceptors (Lipinski definition) is 3. The van der Waals surface area contributed by atoms with E-state index >= 15 is 0 Å². The smallest absolute Gasteiger partial charge is 0.339 e. The molecule has 0 saturated carbocycles. The van der Waals surface area contributed by atoms with Crippen LogP contribution in [0.2, 0.25) is 0 Å². The van der Waals surface area contributed by atoms with E-state index in [1.165, 1.54) is 0 Å². The summed E-state index contributed by atoms with van der Waals surface area (Å²) in [4.78, 5) is 0.132. The highest BCUT2D eigenvalue weighted by atomic mass is 79.9. The van der Waals surface area contributed by atoms with Gasteiger partial charge in [-0.15, -0.1) is 0 Å². The Morgan fingerprint density at radius 2 is 1.42 bits per heavy atom. The lowest BCUT2D eigenvalue weighted by Crippen LogP contribution is -2.10. The first kappa shape index (κ1) is 17.5. The van der Waals surface area contributed by atoms with Crippen LogP contribution in [0.1, 0.15) is 11.1 Å². The van der Waals surface area contributed by atoms with E-state index < -0.39 is 10.1 Å². The van der Waals surface area contributed by atoms with Gasteiger partial charge in [0, 0.05) is 4.47 Å². The molecular formula is C18H14Br2O3S. The number of aryl methyl sites for hydroxylation is 2. The maximum Gasteiger partial charge on any atom is 0.339 e. The van der Waals surface area contributed by atoms with Crippen molar-refractivity contribution in [2.75, 3.05) is 0 Å². The summed E-state index contributed by atoms with van der Waals surface area (Å²) in [6.45, 7) is 3.88. The predicted octanol–water partition coefficient (Wildman–Crippen LogP) is 5.75. The highest BCUT2D eigenvalue weighted by Gasteiger charge is 2.18. The standard InChI is InChI=1S/C18H14Br2O3S/c1-11-3-5-15(6-4-11)24(21,22)23-18-10-13-7-12(2)16(19)8-14(13)9-17(18)20/h3-10H,1-2H3. The molecule has 3 aromatic rings. The van der Waals surface area contributed by atoms with E-state index in [2.05, 4.69) is 31.9 Å². The zero-order valence-corrected chi connectivity index (χ0v) is 17.0. The number of hydrogen-bond donors (Lipinski definition) is 0. The van der Waals surface area contributed by atoms with Crippen molar-refractivity contribution in [1.82, 2.24) is 0 Å². The van der Waals surface area contributed by atoms with Gasteiger partial charge in [-0.2, -0.15) is 8.42 Å². The summed E-state index contributed by atoms with van der Waals surface area (Å²) in [7, 11) is -3.88. The molecule has 3 rings (SSSR count). The normalized spacial score (nSPS) is 11.7. The van der Waals surface area contributed by atoms with Gasteiger partial charge in [-0.3, -0.25) is 0 Å². The molecule has 0 fully saturated rings. The van der Waals surface area contributed by atoms with Crippen LogP contribution in [-0.4, -0.2) is 8.42 Å². The Kier molecular flexibility index (Phi) is 4.73. The molecule has 0 aliphatic heterocycles. The molecule has 0 aromatic heterocycles. The van der Waals surface area contributed by atoms with Crippen molar-refractivity contribution in [3.05, 3.63) is 68.6 Å².